The highest BCUT2D eigenvalue weighted by molar-refractivity contribution is 6.04. The minimum absolute atomic E-state index is 0.00968. The first-order chi connectivity index (χ1) is 13.1. The number of amides is 1. The predicted octanol–water partition coefficient (Wildman–Crippen LogP) is 2.52. The number of methoxy groups -OCH3 is 3. The van der Waals surface area contributed by atoms with Gasteiger partial charge in [0.05, 0.1) is 26.7 Å². The Hall–Kier alpha value is -2.97. The predicted molar refractivity (Wildman–Crippen MR) is 91.9 cm³/mol. The van der Waals surface area contributed by atoms with Crippen LogP contribution in [0.1, 0.15) is 11.1 Å². The second-order valence-electron chi connectivity index (χ2n) is 6.47. The smallest absolute Gasteiger partial charge is 0.471 e. The molecular formula is C19H18F3NO5. The van der Waals surface area contributed by atoms with E-state index in [0.29, 0.717) is 27.5 Å². The highest BCUT2D eigenvalue weighted by Crippen LogP contribution is 2.44. The summed E-state index contributed by atoms with van der Waals surface area (Å²) in [6.45, 7) is -0.557. The van der Waals surface area contributed by atoms with Crippen molar-refractivity contribution in [3.63, 3.8) is 0 Å². The lowest BCUT2D eigenvalue weighted by Crippen LogP contribution is -2.51. The molecule has 1 aliphatic carbocycles. The van der Waals surface area contributed by atoms with E-state index in [0.717, 1.165) is 0 Å². The van der Waals surface area contributed by atoms with Crippen molar-refractivity contribution in [2.45, 2.75) is 18.1 Å². The van der Waals surface area contributed by atoms with Crippen LogP contribution in [0, 0.1) is 0 Å². The Kier molecular flexibility index (Phi) is 4.86. The van der Waals surface area contributed by atoms with Crippen LogP contribution in [-0.2, 0) is 26.3 Å². The SMILES string of the molecule is COC1=CC2(C=CC1=O)CN(C(=O)C(F)(F)F)Cc1cc(OC)c(OC)cc12. The summed E-state index contributed by atoms with van der Waals surface area (Å²) < 4.78 is 54.9. The minimum atomic E-state index is -5.02. The molecule has 9 heteroatoms. The fourth-order valence-corrected chi connectivity index (χ4v) is 3.56. The first-order valence-corrected chi connectivity index (χ1v) is 8.27. The van der Waals surface area contributed by atoms with Crippen molar-refractivity contribution >= 4 is 11.7 Å². The molecule has 2 aliphatic rings. The topological polar surface area (TPSA) is 65.1 Å². The summed E-state index contributed by atoms with van der Waals surface area (Å²) in [5.41, 5.74) is -0.116. The molecule has 1 heterocycles. The van der Waals surface area contributed by atoms with Gasteiger partial charge in [-0.25, -0.2) is 0 Å². The van der Waals surface area contributed by atoms with E-state index in [4.69, 9.17) is 14.2 Å². The number of nitrogens with zero attached hydrogens (tertiary/aromatic N) is 1. The standard InChI is InChI=1S/C19H18F3NO5/c1-26-14-6-11-9-23(17(25)19(20,21)22)10-18(12(11)7-15(14)27-2)5-4-13(24)16(8-18)28-3/h4-8H,9-10H2,1-3H3. The number of halogens is 3. The van der Waals surface area contributed by atoms with Crippen LogP contribution in [0.5, 0.6) is 11.5 Å². The van der Waals surface area contributed by atoms with Crippen molar-refractivity contribution < 1.29 is 37.0 Å². The summed E-state index contributed by atoms with van der Waals surface area (Å²) in [7, 11) is 4.15. The van der Waals surface area contributed by atoms with Crippen LogP contribution in [0.4, 0.5) is 13.2 Å². The Bertz CT molecular complexity index is 890. The van der Waals surface area contributed by atoms with Gasteiger partial charge in [-0.15, -0.1) is 0 Å². The van der Waals surface area contributed by atoms with Gasteiger partial charge in [-0.3, -0.25) is 9.59 Å². The van der Waals surface area contributed by atoms with Crippen molar-refractivity contribution in [2.24, 2.45) is 0 Å². The van der Waals surface area contributed by atoms with E-state index in [1.54, 1.807) is 6.07 Å². The molecule has 1 aromatic rings. The van der Waals surface area contributed by atoms with Gasteiger partial charge in [0.25, 0.3) is 0 Å². The lowest BCUT2D eigenvalue weighted by molar-refractivity contribution is -0.187. The second kappa shape index (κ2) is 6.88. The van der Waals surface area contributed by atoms with Crippen molar-refractivity contribution in [1.82, 2.24) is 4.90 Å². The Morgan fingerprint density at radius 1 is 1.11 bits per heavy atom. The average Bonchev–Trinajstić information content (AvgIpc) is 2.67. The molecule has 3 rings (SSSR count). The van der Waals surface area contributed by atoms with Crippen LogP contribution in [-0.4, -0.2) is 50.6 Å². The second-order valence-corrected chi connectivity index (χ2v) is 6.47. The molecule has 1 aromatic carbocycles. The third-order valence-corrected chi connectivity index (χ3v) is 4.84. The fraction of sp³-hybridized carbons (Fsp3) is 0.368. The number of rotatable bonds is 3. The van der Waals surface area contributed by atoms with E-state index in [9.17, 15) is 22.8 Å². The maximum Gasteiger partial charge on any atom is 0.471 e. The van der Waals surface area contributed by atoms with E-state index < -0.39 is 23.3 Å². The Balaban J connectivity index is 2.21. The number of alkyl halides is 3. The molecule has 0 saturated carbocycles. The van der Waals surface area contributed by atoms with Crippen LogP contribution in [0.2, 0.25) is 0 Å². The minimum Gasteiger partial charge on any atom is -0.493 e. The number of carbonyl (C=O) groups is 2. The zero-order chi connectivity index (χ0) is 20.7. The largest absolute Gasteiger partial charge is 0.493 e. The van der Waals surface area contributed by atoms with Gasteiger partial charge >= 0.3 is 12.1 Å². The van der Waals surface area contributed by atoms with Gasteiger partial charge in [-0.2, -0.15) is 13.2 Å². The van der Waals surface area contributed by atoms with Gasteiger partial charge in [0.1, 0.15) is 0 Å². The van der Waals surface area contributed by atoms with Crippen LogP contribution >= 0.6 is 0 Å². The summed E-state index contributed by atoms with van der Waals surface area (Å²) in [4.78, 5) is 24.6. The highest BCUT2D eigenvalue weighted by Gasteiger charge is 2.48. The molecule has 0 radical (unpaired) electrons. The number of hydrogen-bond acceptors (Lipinski definition) is 5. The molecule has 1 unspecified atom stereocenters. The molecule has 6 nitrogen and oxygen atoms in total. The van der Waals surface area contributed by atoms with E-state index in [1.807, 2.05) is 0 Å². The van der Waals surface area contributed by atoms with Crippen molar-refractivity contribution in [1.29, 1.82) is 0 Å². The van der Waals surface area contributed by atoms with E-state index in [-0.39, 0.29) is 18.8 Å². The maximum atomic E-state index is 13.1. The normalized spacial score (nSPS) is 21.3. The summed E-state index contributed by atoms with van der Waals surface area (Å²) in [5, 5.41) is 0. The van der Waals surface area contributed by atoms with Crippen molar-refractivity contribution in [2.75, 3.05) is 27.9 Å². The average molecular weight is 397 g/mol. The molecule has 1 aliphatic heterocycles. The zero-order valence-corrected chi connectivity index (χ0v) is 15.4. The molecule has 0 N–H and O–H groups in total. The van der Waals surface area contributed by atoms with Gasteiger partial charge in [-0.05, 0) is 35.4 Å². The molecule has 0 aromatic heterocycles. The first-order valence-electron chi connectivity index (χ1n) is 8.27. The fourth-order valence-electron chi connectivity index (χ4n) is 3.56. The number of benzene rings is 1. The van der Waals surface area contributed by atoms with Crippen LogP contribution in [0.25, 0.3) is 0 Å². The highest BCUT2D eigenvalue weighted by atomic mass is 19.4. The van der Waals surface area contributed by atoms with Crippen molar-refractivity contribution in [3.8, 4) is 11.5 Å². The quantitative estimate of drug-likeness (QED) is 0.784. The van der Waals surface area contributed by atoms with Gasteiger partial charge in [-0.1, -0.05) is 6.08 Å². The Morgan fingerprint density at radius 3 is 2.32 bits per heavy atom. The molecular weight excluding hydrogens is 379 g/mol. The molecule has 0 bridgehead atoms. The summed E-state index contributed by atoms with van der Waals surface area (Å²) >= 11 is 0. The summed E-state index contributed by atoms with van der Waals surface area (Å²) in [6.07, 6.45) is -0.855. The van der Waals surface area contributed by atoms with Crippen LogP contribution < -0.4 is 9.47 Å². The van der Waals surface area contributed by atoms with Gasteiger partial charge in [0, 0.05) is 13.1 Å². The lowest BCUT2D eigenvalue weighted by atomic mass is 9.72. The van der Waals surface area contributed by atoms with Crippen LogP contribution in [0.3, 0.4) is 0 Å². The molecule has 0 saturated heterocycles. The van der Waals surface area contributed by atoms with E-state index >= 15 is 0 Å². The Labute approximate surface area is 159 Å². The summed E-state index contributed by atoms with van der Waals surface area (Å²) in [5.74, 6) is -1.66. The lowest BCUT2D eigenvalue weighted by Gasteiger charge is -2.42. The molecule has 28 heavy (non-hydrogen) atoms. The monoisotopic (exact) mass is 397 g/mol. The third kappa shape index (κ3) is 3.21. The maximum absolute atomic E-state index is 13.1. The zero-order valence-electron chi connectivity index (χ0n) is 15.4. The van der Waals surface area contributed by atoms with E-state index in [1.165, 1.54) is 45.6 Å². The number of allylic oxidation sites excluding steroid dienone is 1. The van der Waals surface area contributed by atoms with Gasteiger partial charge in [0.2, 0.25) is 5.78 Å². The molecule has 1 atom stereocenters. The van der Waals surface area contributed by atoms with E-state index in [2.05, 4.69) is 0 Å². The van der Waals surface area contributed by atoms with Crippen molar-refractivity contribution in [3.05, 3.63) is 47.2 Å². The van der Waals surface area contributed by atoms with Crippen LogP contribution in [0.15, 0.2) is 36.1 Å². The third-order valence-electron chi connectivity index (χ3n) is 4.84. The number of carbonyl (C=O) groups excluding carboxylic acids is 2. The molecule has 0 fully saturated rings. The Morgan fingerprint density at radius 2 is 1.75 bits per heavy atom. The number of fused-ring (bicyclic) bond motifs is 2. The number of ether oxygens (including phenoxy) is 3. The van der Waals surface area contributed by atoms with Gasteiger partial charge in [0.15, 0.2) is 17.3 Å². The first kappa shape index (κ1) is 19.8. The number of hydrogen-bond donors (Lipinski definition) is 0. The van der Waals surface area contributed by atoms with Gasteiger partial charge < -0.3 is 19.1 Å². The summed E-state index contributed by atoms with van der Waals surface area (Å²) in [6, 6.07) is 3.18. The molecule has 1 spiro atoms. The molecule has 1 amide bonds. The molecule has 150 valence electrons. The number of ketones is 1.